The standard InChI is InChI=1S/C13H20N2/c1-10-3-2-4-13(9-10)15-12-7-5-11(14)6-8-12/h2-4,9,11-12,15H,5-8,14H2,1H3. The zero-order valence-electron chi connectivity index (χ0n) is 9.37. The summed E-state index contributed by atoms with van der Waals surface area (Å²) in [6.07, 6.45) is 4.72. The summed E-state index contributed by atoms with van der Waals surface area (Å²) in [5, 5.41) is 3.59. The molecule has 1 saturated carbocycles. The molecule has 0 aliphatic heterocycles. The molecule has 1 aromatic rings. The van der Waals surface area contributed by atoms with Crippen LogP contribution in [0.2, 0.25) is 0 Å². The van der Waals surface area contributed by atoms with Crippen LogP contribution in [0, 0.1) is 6.92 Å². The van der Waals surface area contributed by atoms with Crippen molar-refractivity contribution >= 4 is 5.69 Å². The van der Waals surface area contributed by atoms with Gasteiger partial charge in [0.25, 0.3) is 0 Å². The first kappa shape index (κ1) is 10.5. The van der Waals surface area contributed by atoms with Crippen LogP contribution < -0.4 is 11.1 Å². The van der Waals surface area contributed by atoms with E-state index in [4.69, 9.17) is 5.73 Å². The molecule has 1 aliphatic rings. The first-order valence-electron chi connectivity index (χ1n) is 5.83. The predicted molar refractivity (Wildman–Crippen MR) is 65.0 cm³/mol. The average Bonchev–Trinajstić information content (AvgIpc) is 2.22. The topological polar surface area (TPSA) is 38.0 Å². The molecule has 0 amide bonds. The Hall–Kier alpha value is -1.02. The molecule has 0 atom stereocenters. The molecule has 82 valence electrons. The second-order valence-corrected chi connectivity index (χ2v) is 4.63. The quantitative estimate of drug-likeness (QED) is 0.777. The lowest BCUT2D eigenvalue weighted by Crippen LogP contribution is -2.32. The van der Waals surface area contributed by atoms with Crippen molar-refractivity contribution < 1.29 is 0 Å². The monoisotopic (exact) mass is 204 g/mol. The van der Waals surface area contributed by atoms with E-state index >= 15 is 0 Å². The smallest absolute Gasteiger partial charge is 0.0344 e. The van der Waals surface area contributed by atoms with Crippen LogP contribution in [0.4, 0.5) is 5.69 Å². The van der Waals surface area contributed by atoms with Gasteiger partial charge in [0.2, 0.25) is 0 Å². The first-order chi connectivity index (χ1) is 7.24. The second-order valence-electron chi connectivity index (χ2n) is 4.63. The Labute approximate surface area is 91.9 Å². The number of hydrogen-bond donors (Lipinski definition) is 2. The van der Waals surface area contributed by atoms with Gasteiger partial charge in [-0.3, -0.25) is 0 Å². The summed E-state index contributed by atoms with van der Waals surface area (Å²) in [4.78, 5) is 0. The number of nitrogens with one attached hydrogen (secondary N) is 1. The summed E-state index contributed by atoms with van der Waals surface area (Å²) < 4.78 is 0. The van der Waals surface area contributed by atoms with E-state index in [9.17, 15) is 0 Å². The number of nitrogens with two attached hydrogens (primary N) is 1. The predicted octanol–water partition coefficient (Wildman–Crippen LogP) is 2.68. The maximum absolute atomic E-state index is 5.89. The lowest BCUT2D eigenvalue weighted by atomic mass is 9.91. The van der Waals surface area contributed by atoms with Gasteiger partial charge in [0.1, 0.15) is 0 Å². The fourth-order valence-corrected chi connectivity index (χ4v) is 2.23. The van der Waals surface area contributed by atoms with Crippen LogP contribution in [0.1, 0.15) is 31.2 Å². The fourth-order valence-electron chi connectivity index (χ4n) is 2.23. The molecule has 2 nitrogen and oxygen atoms in total. The third kappa shape index (κ3) is 2.96. The van der Waals surface area contributed by atoms with Gasteiger partial charge < -0.3 is 11.1 Å². The van der Waals surface area contributed by atoms with Gasteiger partial charge in [0.15, 0.2) is 0 Å². The Kier molecular flexibility index (Phi) is 3.27. The first-order valence-corrected chi connectivity index (χ1v) is 5.83. The highest BCUT2D eigenvalue weighted by molar-refractivity contribution is 5.46. The zero-order chi connectivity index (χ0) is 10.7. The zero-order valence-corrected chi connectivity index (χ0v) is 9.37. The van der Waals surface area contributed by atoms with Crippen molar-refractivity contribution in [1.82, 2.24) is 0 Å². The lowest BCUT2D eigenvalue weighted by molar-refractivity contribution is 0.411. The van der Waals surface area contributed by atoms with Crippen LogP contribution in [-0.4, -0.2) is 12.1 Å². The summed E-state index contributed by atoms with van der Waals surface area (Å²) >= 11 is 0. The minimum absolute atomic E-state index is 0.431. The molecule has 0 radical (unpaired) electrons. The number of benzene rings is 1. The van der Waals surface area contributed by atoms with Crippen LogP contribution in [0.5, 0.6) is 0 Å². The summed E-state index contributed by atoms with van der Waals surface area (Å²) in [5.74, 6) is 0. The molecule has 1 fully saturated rings. The van der Waals surface area contributed by atoms with Crippen LogP contribution in [-0.2, 0) is 0 Å². The van der Waals surface area contributed by atoms with E-state index in [1.54, 1.807) is 0 Å². The Morgan fingerprint density at radius 2 is 1.93 bits per heavy atom. The highest BCUT2D eigenvalue weighted by atomic mass is 14.9. The Morgan fingerprint density at radius 1 is 1.20 bits per heavy atom. The minimum atomic E-state index is 0.431. The van der Waals surface area contributed by atoms with Crippen molar-refractivity contribution in [3.8, 4) is 0 Å². The van der Waals surface area contributed by atoms with E-state index in [2.05, 4.69) is 36.5 Å². The van der Waals surface area contributed by atoms with Crippen molar-refractivity contribution in [2.45, 2.75) is 44.7 Å². The largest absolute Gasteiger partial charge is 0.382 e. The van der Waals surface area contributed by atoms with Gasteiger partial charge in [-0.1, -0.05) is 12.1 Å². The molecule has 0 bridgehead atoms. The summed E-state index contributed by atoms with van der Waals surface area (Å²) in [6.45, 7) is 2.13. The van der Waals surface area contributed by atoms with Crippen molar-refractivity contribution in [3.05, 3.63) is 29.8 Å². The van der Waals surface area contributed by atoms with Gasteiger partial charge in [-0.2, -0.15) is 0 Å². The molecule has 0 spiro atoms. The highest BCUT2D eigenvalue weighted by Crippen LogP contribution is 2.21. The van der Waals surface area contributed by atoms with E-state index in [0.29, 0.717) is 12.1 Å². The molecule has 1 aromatic carbocycles. The number of hydrogen-bond acceptors (Lipinski definition) is 2. The fraction of sp³-hybridized carbons (Fsp3) is 0.538. The number of anilines is 1. The number of rotatable bonds is 2. The van der Waals surface area contributed by atoms with E-state index in [0.717, 1.165) is 12.8 Å². The molecular weight excluding hydrogens is 184 g/mol. The van der Waals surface area contributed by atoms with E-state index in [-0.39, 0.29) is 0 Å². The van der Waals surface area contributed by atoms with Gasteiger partial charge in [-0.15, -0.1) is 0 Å². The molecule has 3 N–H and O–H groups in total. The maximum Gasteiger partial charge on any atom is 0.0344 e. The highest BCUT2D eigenvalue weighted by Gasteiger charge is 2.17. The molecule has 2 heteroatoms. The van der Waals surface area contributed by atoms with E-state index in [1.807, 2.05) is 0 Å². The van der Waals surface area contributed by atoms with Gasteiger partial charge in [0, 0.05) is 17.8 Å². The molecule has 0 unspecified atom stereocenters. The van der Waals surface area contributed by atoms with Crippen molar-refractivity contribution in [2.75, 3.05) is 5.32 Å². The normalized spacial score (nSPS) is 26.3. The van der Waals surface area contributed by atoms with Crippen LogP contribution in [0.25, 0.3) is 0 Å². The van der Waals surface area contributed by atoms with Crippen LogP contribution >= 0.6 is 0 Å². The van der Waals surface area contributed by atoms with Crippen molar-refractivity contribution in [2.24, 2.45) is 5.73 Å². The third-order valence-corrected chi connectivity index (χ3v) is 3.16. The van der Waals surface area contributed by atoms with Gasteiger partial charge >= 0.3 is 0 Å². The lowest BCUT2D eigenvalue weighted by Gasteiger charge is -2.27. The Balaban J connectivity index is 1.92. The van der Waals surface area contributed by atoms with Gasteiger partial charge in [-0.05, 0) is 50.3 Å². The SMILES string of the molecule is Cc1cccc(NC2CCC(N)CC2)c1. The minimum Gasteiger partial charge on any atom is -0.382 e. The molecule has 1 aliphatic carbocycles. The summed E-state index contributed by atoms with van der Waals surface area (Å²) in [7, 11) is 0. The van der Waals surface area contributed by atoms with Crippen molar-refractivity contribution in [1.29, 1.82) is 0 Å². The molecule has 0 saturated heterocycles. The third-order valence-electron chi connectivity index (χ3n) is 3.16. The second kappa shape index (κ2) is 4.67. The maximum atomic E-state index is 5.89. The molecular formula is C13H20N2. The van der Waals surface area contributed by atoms with Crippen molar-refractivity contribution in [3.63, 3.8) is 0 Å². The number of aryl methyl sites for hydroxylation is 1. The Morgan fingerprint density at radius 3 is 2.60 bits per heavy atom. The summed E-state index contributed by atoms with van der Waals surface area (Å²) in [5.41, 5.74) is 8.44. The molecule has 2 rings (SSSR count). The average molecular weight is 204 g/mol. The summed E-state index contributed by atoms with van der Waals surface area (Å²) in [6, 6.07) is 9.62. The van der Waals surface area contributed by atoms with Gasteiger partial charge in [0.05, 0.1) is 0 Å². The van der Waals surface area contributed by atoms with Crippen LogP contribution in [0.3, 0.4) is 0 Å². The van der Waals surface area contributed by atoms with E-state index in [1.165, 1.54) is 24.1 Å². The molecule has 15 heavy (non-hydrogen) atoms. The van der Waals surface area contributed by atoms with Crippen LogP contribution in [0.15, 0.2) is 24.3 Å². The van der Waals surface area contributed by atoms with Gasteiger partial charge in [-0.25, -0.2) is 0 Å². The Bertz CT molecular complexity index is 314. The molecule has 0 heterocycles. The molecule has 0 aromatic heterocycles. The van der Waals surface area contributed by atoms with E-state index < -0.39 is 0 Å².